The van der Waals surface area contributed by atoms with Crippen LogP contribution >= 0.6 is 0 Å². The number of hydrogen-bond donors (Lipinski definition) is 4. The van der Waals surface area contributed by atoms with Crippen molar-refractivity contribution in [2.24, 2.45) is 5.14 Å². The third-order valence-corrected chi connectivity index (χ3v) is 4.54. The van der Waals surface area contributed by atoms with Gasteiger partial charge in [0.2, 0.25) is 10.0 Å². The lowest BCUT2D eigenvalue weighted by molar-refractivity contribution is -0.143. The summed E-state index contributed by atoms with van der Waals surface area (Å²) in [5, 5.41) is 22.0. The summed E-state index contributed by atoms with van der Waals surface area (Å²) < 4.78 is 22.3. The number of benzene rings is 1. The number of fused-ring (bicyclic) bond motifs is 1. The molecule has 0 aliphatic heterocycles. The molecule has 156 valence electrons. The van der Waals surface area contributed by atoms with E-state index in [1.165, 1.54) is 5.56 Å². The molecule has 0 radical (unpaired) electrons. The standard InChI is InChI=1S/C14H21N3O2S.C4H6O4/c1-17(2)7-3-4-12-9-16-14-6-5-11(8-13(12)14)10-20(15,18)19;5-3(6)1-2-4(7)8/h5-6,8-9,16H,3-4,7,10H2,1-2H3,(H2,15,18,19);1-2H2,(H,5,6)(H,7,8). The number of aromatic amines is 1. The number of primary sulfonamides is 1. The van der Waals surface area contributed by atoms with Crippen molar-refractivity contribution in [3.05, 3.63) is 35.5 Å². The highest BCUT2D eigenvalue weighted by atomic mass is 32.2. The minimum atomic E-state index is -3.49. The van der Waals surface area contributed by atoms with E-state index in [4.69, 9.17) is 15.4 Å². The van der Waals surface area contributed by atoms with Crippen LogP contribution in [-0.4, -0.2) is 61.1 Å². The lowest BCUT2D eigenvalue weighted by atomic mass is 10.1. The van der Waals surface area contributed by atoms with E-state index >= 15 is 0 Å². The van der Waals surface area contributed by atoms with Crippen molar-refractivity contribution in [2.45, 2.75) is 31.4 Å². The number of hydrogen-bond acceptors (Lipinski definition) is 5. The quantitative estimate of drug-likeness (QED) is 0.484. The second-order valence-electron chi connectivity index (χ2n) is 6.70. The Hall–Kier alpha value is -2.43. The minimum Gasteiger partial charge on any atom is -0.481 e. The van der Waals surface area contributed by atoms with Gasteiger partial charge in [-0.25, -0.2) is 13.6 Å². The fraction of sp³-hybridized carbons (Fsp3) is 0.444. The molecule has 9 nitrogen and oxygen atoms in total. The Labute approximate surface area is 164 Å². The van der Waals surface area contributed by atoms with Crippen molar-refractivity contribution in [1.29, 1.82) is 0 Å². The molecule has 5 N–H and O–H groups in total. The van der Waals surface area contributed by atoms with Crippen LogP contribution in [0.15, 0.2) is 24.4 Å². The van der Waals surface area contributed by atoms with Gasteiger partial charge < -0.3 is 20.1 Å². The molecule has 28 heavy (non-hydrogen) atoms. The smallest absolute Gasteiger partial charge is 0.303 e. The van der Waals surface area contributed by atoms with Crippen LogP contribution in [0.25, 0.3) is 10.9 Å². The van der Waals surface area contributed by atoms with Crippen molar-refractivity contribution >= 4 is 32.9 Å². The summed E-state index contributed by atoms with van der Waals surface area (Å²) in [6.45, 7) is 1.03. The lowest BCUT2D eigenvalue weighted by Crippen LogP contribution is -2.14. The Morgan fingerprint density at radius 2 is 1.75 bits per heavy atom. The first-order valence-electron chi connectivity index (χ1n) is 8.65. The number of aliphatic carboxylic acids is 2. The Morgan fingerprint density at radius 1 is 1.14 bits per heavy atom. The number of carboxylic acids is 2. The van der Waals surface area contributed by atoms with E-state index in [0.717, 1.165) is 35.9 Å². The van der Waals surface area contributed by atoms with Gasteiger partial charge in [0.15, 0.2) is 0 Å². The zero-order valence-corrected chi connectivity index (χ0v) is 16.8. The molecular formula is C18H27N3O6S. The summed E-state index contributed by atoms with van der Waals surface area (Å²) >= 11 is 0. The number of aryl methyl sites for hydroxylation is 1. The molecular weight excluding hydrogens is 386 g/mol. The van der Waals surface area contributed by atoms with E-state index in [1.54, 1.807) is 6.07 Å². The number of rotatable bonds is 9. The number of sulfonamides is 1. The van der Waals surface area contributed by atoms with E-state index in [2.05, 4.69) is 24.0 Å². The lowest BCUT2D eigenvalue weighted by Gasteiger charge is -2.08. The molecule has 0 amide bonds. The van der Waals surface area contributed by atoms with Crippen LogP contribution in [0.1, 0.15) is 30.4 Å². The molecule has 1 heterocycles. The van der Waals surface area contributed by atoms with Gasteiger partial charge in [-0.3, -0.25) is 9.59 Å². The molecule has 0 saturated carbocycles. The molecule has 0 atom stereocenters. The van der Waals surface area contributed by atoms with Gasteiger partial charge in [0.1, 0.15) is 0 Å². The summed E-state index contributed by atoms with van der Waals surface area (Å²) in [4.78, 5) is 24.7. The number of nitrogens with one attached hydrogen (secondary N) is 1. The first-order chi connectivity index (χ1) is 13.0. The number of nitrogens with zero attached hydrogens (tertiary/aromatic N) is 1. The van der Waals surface area contributed by atoms with E-state index < -0.39 is 22.0 Å². The summed E-state index contributed by atoms with van der Waals surface area (Å²) in [7, 11) is 0.623. The van der Waals surface area contributed by atoms with Crippen molar-refractivity contribution in [3.63, 3.8) is 0 Å². The zero-order valence-electron chi connectivity index (χ0n) is 16.0. The highest BCUT2D eigenvalue weighted by Gasteiger charge is 2.09. The second-order valence-corrected chi connectivity index (χ2v) is 8.31. The Balaban J connectivity index is 0.000000416. The maximum atomic E-state index is 11.2. The van der Waals surface area contributed by atoms with Crippen LogP contribution in [0.2, 0.25) is 0 Å². The molecule has 1 aromatic heterocycles. The van der Waals surface area contributed by atoms with Gasteiger partial charge in [0.05, 0.1) is 18.6 Å². The number of carboxylic acid groups (broad SMARTS) is 2. The van der Waals surface area contributed by atoms with Crippen molar-refractivity contribution < 1.29 is 28.2 Å². The van der Waals surface area contributed by atoms with Gasteiger partial charge in [0, 0.05) is 17.1 Å². The van der Waals surface area contributed by atoms with Crippen molar-refractivity contribution in [2.75, 3.05) is 20.6 Å². The van der Waals surface area contributed by atoms with Crippen LogP contribution in [-0.2, 0) is 31.8 Å². The molecule has 0 fully saturated rings. The molecule has 10 heteroatoms. The SMILES string of the molecule is CN(C)CCCc1c[nH]c2ccc(CS(N)(=O)=O)cc12.O=C(O)CCC(=O)O. The topological polar surface area (TPSA) is 154 Å². The van der Waals surface area contributed by atoms with Gasteiger partial charge in [-0.05, 0) is 56.7 Å². The maximum absolute atomic E-state index is 11.2. The molecule has 0 spiro atoms. The predicted octanol–water partition coefficient (Wildman–Crippen LogP) is 1.39. The summed E-state index contributed by atoms with van der Waals surface area (Å²) in [6, 6.07) is 5.62. The predicted molar refractivity (Wildman–Crippen MR) is 106 cm³/mol. The number of H-pyrrole nitrogens is 1. The van der Waals surface area contributed by atoms with E-state index in [0.29, 0.717) is 0 Å². The molecule has 2 aromatic rings. The monoisotopic (exact) mass is 413 g/mol. The van der Waals surface area contributed by atoms with E-state index in [9.17, 15) is 18.0 Å². The van der Waals surface area contributed by atoms with Crippen LogP contribution < -0.4 is 5.14 Å². The zero-order chi connectivity index (χ0) is 21.3. The Kier molecular flexibility index (Phi) is 9.10. The molecule has 1 aromatic carbocycles. The van der Waals surface area contributed by atoms with E-state index in [1.807, 2.05) is 18.3 Å². The Morgan fingerprint density at radius 3 is 2.25 bits per heavy atom. The first-order valence-corrected chi connectivity index (χ1v) is 10.4. The summed E-state index contributed by atoms with van der Waals surface area (Å²) in [6.07, 6.45) is 3.45. The summed E-state index contributed by atoms with van der Waals surface area (Å²) in [5.41, 5.74) is 2.98. The van der Waals surface area contributed by atoms with Gasteiger partial charge in [-0.15, -0.1) is 0 Å². The largest absolute Gasteiger partial charge is 0.481 e. The van der Waals surface area contributed by atoms with Crippen LogP contribution in [0.5, 0.6) is 0 Å². The normalized spacial score (nSPS) is 11.3. The fourth-order valence-electron chi connectivity index (χ4n) is 2.55. The number of aromatic nitrogens is 1. The highest BCUT2D eigenvalue weighted by Crippen LogP contribution is 2.22. The third kappa shape index (κ3) is 9.49. The van der Waals surface area contributed by atoms with Crippen LogP contribution in [0, 0.1) is 0 Å². The van der Waals surface area contributed by atoms with Gasteiger partial charge in [-0.1, -0.05) is 6.07 Å². The van der Waals surface area contributed by atoms with Crippen molar-refractivity contribution in [3.8, 4) is 0 Å². The first kappa shape index (κ1) is 23.6. The number of nitrogens with two attached hydrogens (primary N) is 1. The fourth-order valence-corrected chi connectivity index (χ4v) is 3.20. The number of carbonyl (C=O) groups is 2. The third-order valence-electron chi connectivity index (χ3n) is 3.80. The van der Waals surface area contributed by atoms with Gasteiger partial charge >= 0.3 is 11.9 Å². The van der Waals surface area contributed by atoms with Crippen LogP contribution in [0.4, 0.5) is 0 Å². The second kappa shape index (κ2) is 10.8. The molecule has 0 aliphatic carbocycles. The van der Waals surface area contributed by atoms with Gasteiger partial charge in [0.25, 0.3) is 0 Å². The Bertz CT molecular complexity index is 891. The summed E-state index contributed by atoms with van der Waals surface area (Å²) in [5.74, 6) is -2.27. The molecule has 0 bridgehead atoms. The van der Waals surface area contributed by atoms with Gasteiger partial charge in [-0.2, -0.15) is 0 Å². The van der Waals surface area contributed by atoms with Crippen molar-refractivity contribution in [1.82, 2.24) is 9.88 Å². The average molecular weight is 413 g/mol. The molecule has 2 rings (SSSR count). The highest BCUT2D eigenvalue weighted by molar-refractivity contribution is 7.88. The average Bonchev–Trinajstić information content (AvgIpc) is 2.94. The maximum Gasteiger partial charge on any atom is 0.303 e. The molecule has 0 unspecified atom stereocenters. The molecule has 0 aliphatic rings. The van der Waals surface area contributed by atoms with Crippen LogP contribution in [0.3, 0.4) is 0 Å². The van der Waals surface area contributed by atoms with E-state index in [-0.39, 0.29) is 18.6 Å². The molecule has 0 saturated heterocycles. The minimum absolute atomic E-state index is 0.120.